The number of carbonyl (C=O) groups is 1. The van der Waals surface area contributed by atoms with E-state index in [4.69, 9.17) is 5.11 Å². The van der Waals surface area contributed by atoms with Crippen molar-refractivity contribution in [2.45, 2.75) is 13.0 Å². The Morgan fingerprint density at radius 3 is 2.55 bits per heavy atom. The molecule has 0 amide bonds. The van der Waals surface area contributed by atoms with Crippen LogP contribution in [-0.2, 0) is 4.79 Å². The number of carboxylic acids is 1. The van der Waals surface area contributed by atoms with Crippen molar-refractivity contribution in [3.63, 3.8) is 0 Å². The number of thiophene rings is 1. The first-order chi connectivity index (χ1) is 5.20. The van der Waals surface area contributed by atoms with E-state index < -0.39 is 12.0 Å². The molecule has 0 radical (unpaired) electrons. The Kier molecular flexibility index (Phi) is 2.62. The third-order valence-corrected chi connectivity index (χ3v) is 2.77. The quantitative estimate of drug-likeness (QED) is 0.678. The molecular weight excluding hydrogens is 162 g/mol. The van der Waals surface area contributed by atoms with E-state index in [9.17, 15) is 4.79 Å². The number of rotatable bonds is 3. The minimum Gasteiger partial charge on any atom is -0.480 e. The molecule has 0 bridgehead atoms. The van der Waals surface area contributed by atoms with E-state index in [-0.39, 0.29) is 10.7 Å². The third kappa shape index (κ3) is 2.32. The van der Waals surface area contributed by atoms with Gasteiger partial charge in [0.05, 0.1) is 10.7 Å². The van der Waals surface area contributed by atoms with E-state index in [1.807, 2.05) is 22.9 Å². The lowest BCUT2D eigenvalue weighted by atomic mass is 10.4. The molecule has 1 aromatic heterocycles. The summed E-state index contributed by atoms with van der Waals surface area (Å²) in [7, 11) is -0.170. The van der Waals surface area contributed by atoms with Crippen LogP contribution in [0.25, 0.3) is 0 Å². The van der Waals surface area contributed by atoms with Gasteiger partial charge in [-0.15, -0.1) is 4.72 Å². The van der Waals surface area contributed by atoms with Crippen LogP contribution in [-0.4, -0.2) is 17.1 Å². The SMILES string of the molecule is C[C@@H](N[s+]1cccc1)C(=O)O. The Balaban J connectivity index is 2.50. The molecule has 1 atom stereocenters. The number of hydrogen-bond acceptors (Lipinski definition) is 2. The van der Waals surface area contributed by atoms with Crippen LogP contribution >= 0.6 is 10.7 Å². The van der Waals surface area contributed by atoms with Gasteiger partial charge in [-0.25, -0.2) is 0 Å². The topological polar surface area (TPSA) is 49.3 Å². The lowest BCUT2D eigenvalue weighted by Gasteiger charge is -1.98. The van der Waals surface area contributed by atoms with Crippen molar-refractivity contribution in [2.24, 2.45) is 0 Å². The molecule has 4 heteroatoms. The van der Waals surface area contributed by atoms with E-state index in [0.717, 1.165) is 0 Å². The molecular formula is C7H10NO2S+. The summed E-state index contributed by atoms with van der Waals surface area (Å²) in [6.45, 7) is 1.63. The Labute approximate surface area is 67.8 Å². The van der Waals surface area contributed by atoms with Crippen molar-refractivity contribution in [1.29, 1.82) is 0 Å². The van der Waals surface area contributed by atoms with E-state index in [1.165, 1.54) is 0 Å². The number of nitrogens with one attached hydrogen (secondary N) is 1. The van der Waals surface area contributed by atoms with E-state index in [2.05, 4.69) is 4.72 Å². The molecule has 1 aromatic rings. The van der Waals surface area contributed by atoms with Crippen LogP contribution in [0.15, 0.2) is 22.9 Å². The second-order valence-electron chi connectivity index (χ2n) is 2.21. The molecule has 0 unspecified atom stereocenters. The van der Waals surface area contributed by atoms with E-state index in [0.29, 0.717) is 0 Å². The van der Waals surface area contributed by atoms with Gasteiger partial charge in [0.25, 0.3) is 0 Å². The predicted octanol–water partition coefficient (Wildman–Crippen LogP) is 1.45. The average Bonchev–Trinajstić information content (AvgIpc) is 2.39. The predicted molar refractivity (Wildman–Crippen MR) is 45.4 cm³/mol. The normalized spacial score (nSPS) is 12.8. The lowest BCUT2D eigenvalue weighted by molar-refractivity contribution is -0.137. The van der Waals surface area contributed by atoms with Crippen LogP contribution in [0.1, 0.15) is 6.92 Å². The molecule has 2 N–H and O–H groups in total. The summed E-state index contributed by atoms with van der Waals surface area (Å²) >= 11 is 0. The first kappa shape index (κ1) is 8.23. The Bertz CT molecular complexity index is 233. The smallest absolute Gasteiger partial charge is 0.325 e. The minimum absolute atomic E-state index is 0.170. The van der Waals surface area contributed by atoms with Gasteiger partial charge in [0, 0.05) is 0 Å². The molecule has 0 aliphatic heterocycles. The summed E-state index contributed by atoms with van der Waals surface area (Å²) in [5, 5.41) is 12.4. The maximum atomic E-state index is 10.4. The van der Waals surface area contributed by atoms with Crippen LogP contribution in [0.4, 0.5) is 0 Å². The zero-order valence-electron chi connectivity index (χ0n) is 6.15. The Morgan fingerprint density at radius 1 is 1.55 bits per heavy atom. The Hall–Kier alpha value is -0.870. The number of carboxylic acid groups (broad SMARTS) is 1. The lowest BCUT2D eigenvalue weighted by Crippen LogP contribution is -2.24. The summed E-state index contributed by atoms with van der Waals surface area (Å²) < 4.78 is 2.93. The van der Waals surface area contributed by atoms with Crippen molar-refractivity contribution < 1.29 is 9.90 Å². The summed E-state index contributed by atoms with van der Waals surface area (Å²) in [4.78, 5) is 10.4. The van der Waals surface area contributed by atoms with Gasteiger partial charge < -0.3 is 5.11 Å². The summed E-state index contributed by atoms with van der Waals surface area (Å²) in [6, 6.07) is 3.33. The van der Waals surface area contributed by atoms with Gasteiger partial charge in [0.15, 0.2) is 16.8 Å². The van der Waals surface area contributed by atoms with Gasteiger partial charge in [-0.05, 0) is 19.1 Å². The van der Waals surface area contributed by atoms with Crippen molar-refractivity contribution in [2.75, 3.05) is 4.72 Å². The third-order valence-electron chi connectivity index (χ3n) is 1.24. The van der Waals surface area contributed by atoms with Gasteiger partial charge in [-0.3, -0.25) is 4.79 Å². The minimum atomic E-state index is -0.814. The fourth-order valence-electron chi connectivity index (χ4n) is 0.638. The van der Waals surface area contributed by atoms with Crippen LogP contribution in [0.5, 0.6) is 0 Å². The molecule has 0 saturated carbocycles. The van der Waals surface area contributed by atoms with Gasteiger partial charge in [0.2, 0.25) is 0 Å². The zero-order valence-corrected chi connectivity index (χ0v) is 6.97. The monoisotopic (exact) mass is 172 g/mol. The fraction of sp³-hybridized carbons (Fsp3) is 0.286. The van der Waals surface area contributed by atoms with Crippen molar-refractivity contribution in [3.8, 4) is 0 Å². The molecule has 1 heterocycles. The molecule has 0 fully saturated rings. The van der Waals surface area contributed by atoms with E-state index >= 15 is 0 Å². The molecule has 0 saturated heterocycles. The highest BCUT2D eigenvalue weighted by molar-refractivity contribution is 7.30. The van der Waals surface area contributed by atoms with Crippen molar-refractivity contribution >= 4 is 16.6 Å². The molecule has 1 rings (SSSR count). The van der Waals surface area contributed by atoms with Crippen LogP contribution in [0.2, 0.25) is 0 Å². The highest BCUT2D eigenvalue weighted by Gasteiger charge is 2.15. The van der Waals surface area contributed by atoms with Gasteiger partial charge in [0.1, 0.15) is 0 Å². The number of aliphatic carboxylic acids is 1. The molecule has 0 spiro atoms. The zero-order chi connectivity index (χ0) is 8.27. The fourth-order valence-corrected chi connectivity index (χ4v) is 1.92. The van der Waals surface area contributed by atoms with Crippen LogP contribution < -0.4 is 4.72 Å². The molecule has 0 aromatic carbocycles. The number of hydrogen-bond donors (Lipinski definition) is 2. The largest absolute Gasteiger partial charge is 0.480 e. The van der Waals surface area contributed by atoms with Crippen molar-refractivity contribution in [3.05, 3.63) is 22.9 Å². The highest BCUT2D eigenvalue weighted by Crippen LogP contribution is 2.13. The first-order valence-corrected chi connectivity index (χ1v) is 4.61. The van der Waals surface area contributed by atoms with Crippen molar-refractivity contribution in [1.82, 2.24) is 0 Å². The maximum Gasteiger partial charge on any atom is 0.325 e. The standard InChI is InChI=1S/C7H9NO2S/c1-6(7(9)10)8-11-4-2-3-5-11/h2-6,8H,1H3/p+1/t6-/m1/s1. The first-order valence-electron chi connectivity index (χ1n) is 3.26. The average molecular weight is 172 g/mol. The highest BCUT2D eigenvalue weighted by atomic mass is 32.2. The van der Waals surface area contributed by atoms with Crippen LogP contribution in [0.3, 0.4) is 0 Å². The Morgan fingerprint density at radius 2 is 2.09 bits per heavy atom. The molecule has 60 valence electrons. The molecule has 0 aliphatic rings. The van der Waals surface area contributed by atoms with Crippen LogP contribution in [0, 0.1) is 0 Å². The maximum absolute atomic E-state index is 10.4. The second kappa shape index (κ2) is 3.50. The summed E-state index contributed by atoms with van der Waals surface area (Å²) in [5.74, 6) is -0.814. The molecule has 11 heavy (non-hydrogen) atoms. The second-order valence-corrected chi connectivity index (χ2v) is 3.73. The van der Waals surface area contributed by atoms with Gasteiger partial charge in [-0.2, -0.15) is 0 Å². The molecule has 0 aliphatic carbocycles. The molecule has 3 nitrogen and oxygen atoms in total. The van der Waals surface area contributed by atoms with E-state index in [1.54, 1.807) is 6.92 Å². The van der Waals surface area contributed by atoms with Gasteiger partial charge in [-0.1, -0.05) is 0 Å². The summed E-state index contributed by atoms with van der Waals surface area (Å²) in [5.41, 5.74) is 0. The van der Waals surface area contributed by atoms with Gasteiger partial charge >= 0.3 is 5.97 Å². The summed E-state index contributed by atoms with van der Waals surface area (Å²) in [6.07, 6.45) is 0.